The summed E-state index contributed by atoms with van der Waals surface area (Å²) >= 11 is 0. The van der Waals surface area contributed by atoms with Crippen molar-refractivity contribution in [3.63, 3.8) is 0 Å². The molecule has 1 aliphatic carbocycles. The second-order valence-electron chi connectivity index (χ2n) is 6.23. The molecule has 2 aromatic rings. The Morgan fingerprint density at radius 3 is 2.33 bits per heavy atom. The van der Waals surface area contributed by atoms with Crippen LogP contribution in [0.4, 0.5) is 4.39 Å². The fourth-order valence-corrected chi connectivity index (χ4v) is 3.10. The van der Waals surface area contributed by atoms with E-state index >= 15 is 0 Å². The summed E-state index contributed by atoms with van der Waals surface area (Å²) in [5.41, 5.74) is 7.23. The van der Waals surface area contributed by atoms with Crippen molar-refractivity contribution >= 4 is 0 Å². The summed E-state index contributed by atoms with van der Waals surface area (Å²) < 4.78 is 13.6. The average molecular weight is 283 g/mol. The zero-order valence-electron chi connectivity index (χ0n) is 13.0. The van der Waals surface area contributed by atoms with Crippen LogP contribution in [-0.2, 0) is 6.54 Å². The molecule has 1 saturated carbocycles. The van der Waals surface area contributed by atoms with Crippen molar-refractivity contribution in [2.45, 2.75) is 46.2 Å². The van der Waals surface area contributed by atoms with Gasteiger partial charge in [0.1, 0.15) is 5.82 Å². The highest BCUT2D eigenvalue weighted by Crippen LogP contribution is 2.32. The van der Waals surface area contributed by atoms with Gasteiger partial charge in [-0.1, -0.05) is 23.8 Å². The molecule has 0 bridgehead atoms. The monoisotopic (exact) mass is 283 g/mol. The van der Waals surface area contributed by atoms with Crippen molar-refractivity contribution in [1.82, 2.24) is 5.32 Å². The van der Waals surface area contributed by atoms with Crippen molar-refractivity contribution < 1.29 is 4.39 Å². The van der Waals surface area contributed by atoms with E-state index in [-0.39, 0.29) is 5.82 Å². The van der Waals surface area contributed by atoms with E-state index in [1.165, 1.54) is 35.1 Å². The van der Waals surface area contributed by atoms with Crippen LogP contribution in [0.15, 0.2) is 30.3 Å². The fraction of sp³-hybridized carbons (Fsp3) is 0.368. The van der Waals surface area contributed by atoms with Gasteiger partial charge in [0.2, 0.25) is 0 Å². The van der Waals surface area contributed by atoms with Crippen LogP contribution in [0.2, 0.25) is 0 Å². The van der Waals surface area contributed by atoms with Gasteiger partial charge in [-0.05, 0) is 73.6 Å². The van der Waals surface area contributed by atoms with Crippen LogP contribution in [0.5, 0.6) is 0 Å². The number of aryl methyl sites for hydroxylation is 3. The summed E-state index contributed by atoms with van der Waals surface area (Å²) in [7, 11) is 0. The molecule has 21 heavy (non-hydrogen) atoms. The zero-order chi connectivity index (χ0) is 15.0. The van der Waals surface area contributed by atoms with Gasteiger partial charge in [-0.2, -0.15) is 0 Å². The first-order valence-corrected chi connectivity index (χ1v) is 7.64. The minimum Gasteiger partial charge on any atom is -0.310 e. The maximum atomic E-state index is 13.6. The van der Waals surface area contributed by atoms with Crippen LogP contribution in [0, 0.1) is 26.6 Å². The number of hydrogen-bond acceptors (Lipinski definition) is 1. The third kappa shape index (κ3) is 3.16. The summed E-state index contributed by atoms with van der Waals surface area (Å²) in [5.74, 6) is -0.159. The minimum atomic E-state index is -0.159. The number of rotatable bonds is 4. The van der Waals surface area contributed by atoms with E-state index in [0.717, 1.165) is 17.7 Å². The number of nitrogens with one attached hydrogen (secondary N) is 1. The third-order valence-electron chi connectivity index (χ3n) is 4.17. The van der Waals surface area contributed by atoms with Gasteiger partial charge < -0.3 is 5.32 Å². The summed E-state index contributed by atoms with van der Waals surface area (Å²) in [6.07, 6.45) is 2.49. The molecular weight excluding hydrogens is 261 g/mol. The summed E-state index contributed by atoms with van der Waals surface area (Å²) in [5, 5.41) is 3.49. The lowest BCUT2D eigenvalue weighted by Gasteiger charge is -2.16. The molecule has 1 N–H and O–H groups in total. The van der Waals surface area contributed by atoms with Gasteiger partial charge in [0.25, 0.3) is 0 Å². The first-order chi connectivity index (χ1) is 10.0. The van der Waals surface area contributed by atoms with E-state index < -0.39 is 0 Å². The van der Waals surface area contributed by atoms with E-state index in [1.54, 1.807) is 12.1 Å². The number of halogens is 1. The number of hydrogen-bond donors (Lipinski definition) is 1. The summed E-state index contributed by atoms with van der Waals surface area (Å²) in [4.78, 5) is 0. The van der Waals surface area contributed by atoms with E-state index in [4.69, 9.17) is 0 Å². The van der Waals surface area contributed by atoms with Gasteiger partial charge >= 0.3 is 0 Å². The molecule has 3 rings (SSSR count). The van der Waals surface area contributed by atoms with Crippen LogP contribution in [-0.4, -0.2) is 6.04 Å². The van der Waals surface area contributed by atoms with Crippen molar-refractivity contribution in [2.75, 3.05) is 0 Å². The minimum absolute atomic E-state index is 0.159. The Morgan fingerprint density at radius 2 is 1.71 bits per heavy atom. The van der Waals surface area contributed by atoms with E-state index in [9.17, 15) is 4.39 Å². The van der Waals surface area contributed by atoms with Crippen molar-refractivity contribution in [2.24, 2.45) is 0 Å². The zero-order valence-corrected chi connectivity index (χ0v) is 13.0. The molecule has 110 valence electrons. The highest BCUT2D eigenvalue weighted by Gasteiger charge is 2.21. The smallest absolute Gasteiger partial charge is 0.123 e. The van der Waals surface area contributed by atoms with Gasteiger partial charge in [-0.3, -0.25) is 0 Å². The lowest BCUT2D eigenvalue weighted by atomic mass is 9.91. The van der Waals surface area contributed by atoms with E-state index in [1.807, 2.05) is 6.07 Å². The quantitative estimate of drug-likeness (QED) is 0.859. The Labute approximate surface area is 126 Å². The molecular formula is C19H22FN. The molecule has 1 nitrogen and oxygen atoms in total. The predicted molar refractivity (Wildman–Crippen MR) is 85.9 cm³/mol. The molecule has 0 aliphatic heterocycles. The first kappa shape index (κ1) is 14.3. The Balaban J connectivity index is 2.04. The van der Waals surface area contributed by atoms with Gasteiger partial charge in [0, 0.05) is 12.6 Å². The standard InChI is InChI=1S/C19H22FN/c1-12-8-13(2)19(14(3)9-12)18-7-4-16(20)10-15(18)11-21-17-5-6-17/h4,7-10,17,21H,5-6,11H2,1-3H3. The Bertz CT molecular complexity index is 648. The Hall–Kier alpha value is -1.67. The van der Waals surface area contributed by atoms with E-state index in [0.29, 0.717) is 6.04 Å². The average Bonchev–Trinajstić information content (AvgIpc) is 3.21. The third-order valence-corrected chi connectivity index (χ3v) is 4.17. The molecule has 0 unspecified atom stereocenters. The first-order valence-electron chi connectivity index (χ1n) is 7.64. The maximum absolute atomic E-state index is 13.6. The molecule has 1 fully saturated rings. The highest BCUT2D eigenvalue weighted by molar-refractivity contribution is 5.74. The molecule has 0 radical (unpaired) electrons. The SMILES string of the molecule is Cc1cc(C)c(-c2ccc(F)cc2CNC2CC2)c(C)c1. The number of benzene rings is 2. The molecule has 0 heterocycles. The van der Waals surface area contributed by atoms with Crippen LogP contribution in [0.1, 0.15) is 35.1 Å². The van der Waals surface area contributed by atoms with Gasteiger partial charge in [0.15, 0.2) is 0 Å². The topological polar surface area (TPSA) is 12.0 Å². The molecule has 1 aliphatic rings. The van der Waals surface area contributed by atoms with Crippen molar-refractivity contribution in [1.29, 1.82) is 0 Å². The normalized spacial score (nSPS) is 14.5. The highest BCUT2D eigenvalue weighted by atomic mass is 19.1. The van der Waals surface area contributed by atoms with Gasteiger partial charge in [-0.25, -0.2) is 4.39 Å². The summed E-state index contributed by atoms with van der Waals surface area (Å²) in [6, 6.07) is 10.2. The maximum Gasteiger partial charge on any atom is 0.123 e. The fourth-order valence-electron chi connectivity index (χ4n) is 3.10. The second-order valence-corrected chi connectivity index (χ2v) is 6.23. The van der Waals surface area contributed by atoms with Crippen LogP contribution in [0.3, 0.4) is 0 Å². The van der Waals surface area contributed by atoms with Crippen LogP contribution in [0.25, 0.3) is 11.1 Å². The lowest BCUT2D eigenvalue weighted by molar-refractivity contribution is 0.620. The Morgan fingerprint density at radius 1 is 1.05 bits per heavy atom. The molecule has 0 spiro atoms. The molecule has 0 saturated heterocycles. The molecule has 2 aromatic carbocycles. The predicted octanol–water partition coefficient (Wildman–Crippen LogP) is 4.67. The van der Waals surface area contributed by atoms with Crippen molar-refractivity contribution in [3.8, 4) is 11.1 Å². The van der Waals surface area contributed by atoms with Crippen molar-refractivity contribution in [3.05, 3.63) is 58.4 Å². The summed E-state index contributed by atoms with van der Waals surface area (Å²) in [6.45, 7) is 7.13. The van der Waals surface area contributed by atoms with Gasteiger partial charge in [0.05, 0.1) is 0 Å². The Kier molecular flexibility index (Phi) is 3.81. The largest absolute Gasteiger partial charge is 0.310 e. The molecule has 0 atom stereocenters. The van der Waals surface area contributed by atoms with Gasteiger partial charge in [-0.15, -0.1) is 0 Å². The van der Waals surface area contributed by atoms with E-state index in [2.05, 4.69) is 38.2 Å². The van der Waals surface area contributed by atoms with Crippen LogP contribution >= 0.6 is 0 Å². The van der Waals surface area contributed by atoms with Crippen LogP contribution < -0.4 is 5.32 Å². The molecule has 0 aromatic heterocycles. The molecule has 0 amide bonds. The lowest BCUT2D eigenvalue weighted by Crippen LogP contribution is -2.16. The molecule has 2 heteroatoms. The second kappa shape index (κ2) is 5.61.